The molecule has 1 aliphatic rings. The normalized spacial score (nSPS) is 16.9. The molecular weight excluding hydrogens is 291 g/mol. The van der Waals surface area contributed by atoms with Crippen LogP contribution in [0.3, 0.4) is 0 Å². The lowest BCUT2D eigenvalue weighted by molar-refractivity contribution is -0.122. The maximum absolute atomic E-state index is 13.6. The van der Waals surface area contributed by atoms with Crippen molar-refractivity contribution < 1.29 is 9.18 Å². The topological polar surface area (TPSA) is 34.0 Å². The molecule has 1 saturated carbocycles. The van der Waals surface area contributed by atoms with E-state index >= 15 is 0 Å². The van der Waals surface area contributed by atoms with Crippen LogP contribution in [0.1, 0.15) is 50.1 Å². The maximum Gasteiger partial charge on any atom is 0.222 e. The number of nitrogens with zero attached hydrogens (tertiary/aromatic N) is 1. The van der Waals surface area contributed by atoms with Gasteiger partial charge in [0.25, 0.3) is 0 Å². The zero-order chi connectivity index (χ0) is 16.1. The number of benzene rings is 1. The Bertz CT molecular complexity index is 633. The van der Waals surface area contributed by atoms with Gasteiger partial charge in [-0.15, -0.1) is 0 Å². The van der Waals surface area contributed by atoms with Crippen LogP contribution in [-0.4, -0.2) is 16.5 Å². The molecule has 23 heavy (non-hydrogen) atoms. The van der Waals surface area contributed by atoms with E-state index in [0.29, 0.717) is 12.5 Å². The Kier molecular flexibility index (Phi) is 5.11. The van der Waals surface area contributed by atoms with Gasteiger partial charge in [-0.05, 0) is 42.7 Å². The van der Waals surface area contributed by atoms with Crippen molar-refractivity contribution in [2.75, 3.05) is 0 Å². The summed E-state index contributed by atoms with van der Waals surface area (Å²) in [6, 6.07) is 10.5. The van der Waals surface area contributed by atoms with Gasteiger partial charge in [0.05, 0.1) is 12.5 Å². The molecule has 0 aliphatic heterocycles. The highest BCUT2D eigenvalue weighted by Crippen LogP contribution is 2.24. The Labute approximate surface area is 136 Å². The van der Waals surface area contributed by atoms with Crippen LogP contribution in [-0.2, 0) is 4.79 Å². The fourth-order valence-corrected chi connectivity index (χ4v) is 3.37. The van der Waals surface area contributed by atoms with Gasteiger partial charge in [0.15, 0.2) is 0 Å². The average molecular weight is 314 g/mol. The average Bonchev–Trinajstić information content (AvgIpc) is 3.08. The summed E-state index contributed by atoms with van der Waals surface area (Å²) in [5.41, 5.74) is 0.819. The van der Waals surface area contributed by atoms with E-state index in [1.165, 1.54) is 31.4 Å². The number of hydrogen-bond acceptors (Lipinski definition) is 1. The third kappa shape index (κ3) is 4.21. The molecule has 3 rings (SSSR count). The lowest BCUT2D eigenvalue weighted by atomic mass is 9.95. The highest BCUT2D eigenvalue weighted by atomic mass is 19.1. The van der Waals surface area contributed by atoms with Crippen LogP contribution in [0, 0.1) is 5.82 Å². The van der Waals surface area contributed by atoms with Gasteiger partial charge in [0.1, 0.15) is 5.82 Å². The van der Waals surface area contributed by atoms with E-state index in [0.717, 1.165) is 18.4 Å². The van der Waals surface area contributed by atoms with Crippen LogP contribution in [0.15, 0.2) is 48.8 Å². The zero-order valence-electron chi connectivity index (χ0n) is 13.2. The van der Waals surface area contributed by atoms with Crippen molar-refractivity contribution >= 4 is 5.91 Å². The molecule has 1 aliphatic carbocycles. The highest BCUT2D eigenvalue weighted by Gasteiger charge is 2.21. The third-order valence-corrected chi connectivity index (χ3v) is 4.57. The van der Waals surface area contributed by atoms with Crippen LogP contribution in [0.4, 0.5) is 4.39 Å². The molecule has 0 spiro atoms. The van der Waals surface area contributed by atoms with E-state index < -0.39 is 0 Å². The first-order valence-corrected chi connectivity index (χ1v) is 8.39. The van der Waals surface area contributed by atoms with Crippen LogP contribution < -0.4 is 5.32 Å². The van der Waals surface area contributed by atoms with Crippen LogP contribution in [0.5, 0.6) is 0 Å². The Morgan fingerprint density at radius 3 is 2.61 bits per heavy atom. The van der Waals surface area contributed by atoms with Gasteiger partial charge in [-0.2, -0.15) is 0 Å². The van der Waals surface area contributed by atoms with Crippen molar-refractivity contribution in [2.45, 2.75) is 50.6 Å². The van der Waals surface area contributed by atoms with E-state index in [4.69, 9.17) is 0 Å². The van der Waals surface area contributed by atoms with Gasteiger partial charge in [0.2, 0.25) is 5.91 Å². The Morgan fingerprint density at radius 1 is 1.17 bits per heavy atom. The van der Waals surface area contributed by atoms with Gasteiger partial charge in [-0.3, -0.25) is 4.79 Å². The molecule has 1 unspecified atom stereocenters. The summed E-state index contributed by atoms with van der Waals surface area (Å²) in [4.78, 5) is 12.5. The highest BCUT2D eigenvalue weighted by molar-refractivity contribution is 5.77. The molecule has 0 radical (unpaired) electrons. The number of carbonyl (C=O) groups is 1. The number of aromatic nitrogens is 1. The number of carbonyl (C=O) groups excluding carboxylic acids is 1. The Hall–Kier alpha value is -2.10. The standard InChI is InChI=1S/C19H23FN2O/c20-16-8-6-7-15(13-16)18(22-11-4-5-12-22)14-19(23)21-17-9-2-1-3-10-17/h4-8,11-13,17-18H,1-3,9-10,14H2,(H,21,23). The molecule has 1 aromatic carbocycles. The van der Waals surface area contributed by atoms with E-state index in [9.17, 15) is 9.18 Å². The van der Waals surface area contributed by atoms with Crippen molar-refractivity contribution in [2.24, 2.45) is 0 Å². The maximum atomic E-state index is 13.6. The van der Waals surface area contributed by atoms with Gasteiger partial charge in [0, 0.05) is 18.4 Å². The van der Waals surface area contributed by atoms with Gasteiger partial charge >= 0.3 is 0 Å². The second-order valence-electron chi connectivity index (χ2n) is 6.31. The second kappa shape index (κ2) is 7.44. The molecule has 1 heterocycles. The molecule has 1 fully saturated rings. The molecule has 3 nitrogen and oxygen atoms in total. The first kappa shape index (κ1) is 15.8. The molecule has 0 saturated heterocycles. The predicted molar refractivity (Wildman–Crippen MR) is 88.6 cm³/mol. The summed E-state index contributed by atoms with van der Waals surface area (Å²) in [5.74, 6) is -0.229. The molecule has 1 N–H and O–H groups in total. The van der Waals surface area contributed by atoms with Gasteiger partial charge in [-0.1, -0.05) is 31.4 Å². The number of rotatable bonds is 5. The quantitative estimate of drug-likeness (QED) is 0.887. The van der Waals surface area contributed by atoms with Crippen LogP contribution in [0.25, 0.3) is 0 Å². The SMILES string of the molecule is O=C(CC(c1cccc(F)c1)n1cccc1)NC1CCCCC1. The summed E-state index contributed by atoms with van der Waals surface area (Å²) in [6.45, 7) is 0. The molecule has 2 aromatic rings. The molecule has 122 valence electrons. The fraction of sp³-hybridized carbons (Fsp3) is 0.421. The van der Waals surface area contributed by atoms with Crippen molar-refractivity contribution in [1.29, 1.82) is 0 Å². The number of nitrogens with one attached hydrogen (secondary N) is 1. The summed E-state index contributed by atoms with van der Waals surface area (Å²) in [5, 5.41) is 3.15. The van der Waals surface area contributed by atoms with E-state index in [1.54, 1.807) is 6.07 Å². The predicted octanol–water partition coefficient (Wildman–Crippen LogP) is 4.06. The molecule has 1 amide bonds. The molecule has 0 bridgehead atoms. The molecule has 1 aromatic heterocycles. The third-order valence-electron chi connectivity index (χ3n) is 4.57. The summed E-state index contributed by atoms with van der Waals surface area (Å²) >= 11 is 0. The fourth-order valence-electron chi connectivity index (χ4n) is 3.37. The largest absolute Gasteiger partial charge is 0.353 e. The smallest absolute Gasteiger partial charge is 0.222 e. The van der Waals surface area contributed by atoms with E-state index in [1.807, 2.05) is 35.2 Å². The zero-order valence-corrected chi connectivity index (χ0v) is 13.2. The number of amides is 1. The number of hydrogen-bond donors (Lipinski definition) is 1. The van der Waals surface area contributed by atoms with Crippen LogP contribution in [0.2, 0.25) is 0 Å². The Balaban J connectivity index is 1.72. The second-order valence-corrected chi connectivity index (χ2v) is 6.31. The van der Waals surface area contributed by atoms with Gasteiger partial charge < -0.3 is 9.88 Å². The van der Waals surface area contributed by atoms with Crippen molar-refractivity contribution in [3.63, 3.8) is 0 Å². The Morgan fingerprint density at radius 2 is 1.91 bits per heavy atom. The lowest BCUT2D eigenvalue weighted by Gasteiger charge is -2.25. The first-order valence-electron chi connectivity index (χ1n) is 8.39. The first-order chi connectivity index (χ1) is 11.2. The summed E-state index contributed by atoms with van der Waals surface area (Å²) in [6.07, 6.45) is 9.95. The summed E-state index contributed by atoms with van der Waals surface area (Å²) < 4.78 is 15.5. The van der Waals surface area contributed by atoms with Crippen LogP contribution >= 0.6 is 0 Å². The van der Waals surface area contributed by atoms with Gasteiger partial charge in [-0.25, -0.2) is 4.39 Å². The minimum atomic E-state index is -0.271. The van der Waals surface area contributed by atoms with Crippen molar-refractivity contribution in [1.82, 2.24) is 9.88 Å². The van der Waals surface area contributed by atoms with E-state index in [2.05, 4.69) is 5.32 Å². The van der Waals surface area contributed by atoms with Crippen molar-refractivity contribution in [3.8, 4) is 0 Å². The monoisotopic (exact) mass is 314 g/mol. The minimum Gasteiger partial charge on any atom is -0.353 e. The lowest BCUT2D eigenvalue weighted by Crippen LogP contribution is -2.37. The van der Waals surface area contributed by atoms with E-state index in [-0.39, 0.29) is 17.8 Å². The number of halogens is 1. The van der Waals surface area contributed by atoms with Crippen molar-refractivity contribution in [3.05, 3.63) is 60.2 Å². The molecule has 1 atom stereocenters. The molecular formula is C19H23FN2O. The molecule has 4 heteroatoms. The minimum absolute atomic E-state index is 0.0415. The summed E-state index contributed by atoms with van der Waals surface area (Å²) in [7, 11) is 0.